The van der Waals surface area contributed by atoms with E-state index in [2.05, 4.69) is 15.5 Å². The summed E-state index contributed by atoms with van der Waals surface area (Å²) in [5.41, 5.74) is 0.724. The third kappa shape index (κ3) is 2.77. The van der Waals surface area contributed by atoms with Crippen molar-refractivity contribution < 1.29 is 14.3 Å². The molecule has 1 saturated heterocycles. The molecule has 1 fully saturated rings. The van der Waals surface area contributed by atoms with Gasteiger partial charge in [0.05, 0.1) is 24.0 Å². The fourth-order valence-corrected chi connectivity index (χ4v) is 2.58. The molecular formula is C14H16FN5O2. The van der Waals surface area contributed by atoms with Gasteiger partial charge in [-0.05, 0) is 31.0 Å². The van der Waals surface area contributed by atoms with Crippen LogP contribution in [0.25, 0.3) is 5.69 Å². The van der Waals surface area contributed by atoms with Crippen molar-refractivity contribution in [3.63, 3.8) is 0 Å². The molecule has 3 rings (SSSR count). The van der Waals surface area contributed by atoms with Gasteiger partial charge >= 0.3 is 6.03 Å². The maximum atomic E-state index is 13.9. The monoisotopic (exact) mass is 305 g/mol. The summed E-state index contributed by atoms with van der Waals surface area (Å²) in [7, 11) is 0. The maximum Gasteiger partial charge on any atom is 0.322 e. The Labute approximate surface area is 126 Å². The van der Waals surface area contributed by atoms with Gasteiger partial charge in [-0.2, -0.15) is 0 Å². The first kappa shape index (κ1) is 14.5. The number of likely N-dealkylation sites (tertiary alicyclic amines) is 1. The average Bonchev–Trinajstić information content (AvgIpc) is 3.20. The molecule has 1 aromatic heterocycles. The predicted octanol–water partition coefficient (Wildman–Crippen LogP) is 1.39. The summed E-state index contributed by atoms with van der Waals surface area (Å²) in [5, 5.41) is 19.2. The largest absolute Gasteiger partial charge is 0.394 e. The van der Waals surface area contributed by atoms with Gasteiger partial charge in [-0.15, -0.1) is 10.2 Å². The number of urea groups is 1. The van der Waals surface area contributed by atoms with E-state index < -0.39 is 11.8 Å². The molecule has 2 N–H and O–H groups in total. The van der Waals surface area contributed by atoms with Crippen LogP contribution in [0.1, 0.15) is 12.8 Å². The van der Waals surface area contributed by atoms with Crippen LogP contribution in [0.5, 0.6) is 0 Å². The number of halogens is 1. The number of carbonyl (C=O) groups excluding carboxylic acids is 1. The first-order valence-corrected chi connectivity index (χ1v) is 7.02. The van der Waals surface area contributed by atoms with Crippen molar-refractivity contribution in [2.24, 2.45) is 0 Å². The van der Waals surface area contributed by atoms with Crippen LogP contribution in [-0.2, 0) is 0 Å². The van der Waals surface area contributed by atoms with Crippen LogP contribution in [0.3, 0.4) is 0 Å². The van der Waals surface area contributed by atoms with E-state index in [4.69, 9.17) is 0 Å². The van der Waals surface area contributed by atoms with E-state index in [1.54, 1.807) is 10.6 Å². The van der Waals surface area contributed by atoms with Crippen molar-refractivity contribution in [2.75, 3.05) is 18.5 Å². The van der Waals surface area contributed by atoms with Gasteiger partial charge < -0.3 is 15.3 Å². The Bertz CT molecular complexity index is 661. The van der Waals surface area contributed by atoms with Crippen LogP contribution in [0, 0.1) is 5.82 Å². The molecule has 0 unspecified atom stereocenters. The molecule has 1 aromatic carbocycles. The summed E-state index contributed by atoms with van der Waals surface area (Å²) in [5.74, 6) is -0.523. The molecule has 8 heteroatoms. The summed E-state index contributed by atoms with van der Waals surface area (Å²) in [6.07, 6.45) is 4.57. The highest BCUT2D eigenvalue weighted by atomic mass is 19.1. The molecule has 1 aliphatic rings. The van der Waals surface area contributed by atoms with Gasteiger partial charge in [-0.3, -0.25) is 4.57 Å². The SMILES string of the molecule is O=C(Nc1cc(-n2cnnc2)ccc1F)N1CCC[C@@H]1CO. The van der Waals surface area contributed by atoms with Gasteiger partial charge in [0.25, 0.3) is 0 Å². The van der Waals surface area contributed by atoms with E-state index in [1.807, 2.05) is 0 Å². The molecule has 0 aliphatic carbocycles. The van der Waals surface area contributed by atoms with Gasteiger partial charge in [0.15, 0.2) is 0 Å². The van der Waals surface area contributed by atoms with Crippen molar-refractivity contribution in [1.82, 2.24) is 19.7 Å². The lowest BCUT2D eigenvalue weighted by atomic mass is 10.2. The fraction of sp³-hybridized carbons (Fsp3) is 0.357. The smallest absolute Gasteiger partial charge is 0.322 e. The molecule has 2 amide bonds. The quantitative estimate of drug-likeness (QED) is 0.898. The summed E-state index contributed by atoms with van der Waals surface area (Å²) in [4.78, 5) is 13.8. The third-order valence-electron chi connectivity index (χ3n) is 3.76. The first-order valence-electron chi connectivity index (χ1n) is 7.02. The van der Waals surface area contributed by atoms with Crippen molar-refractivity contribution >= 4 is 11.7 Å². The third-order valence-corrected chi connectivity index (χ3v) is 3.76. The second kappa shape index (κ2) is 6.10. The number of rotatable bonds is 3. The zero-order valence-electron chi connectivity index (χ0n) is 11.8. The number of nitrogens with one attached hydrogen (secondary N) is 1. The number of benzene rings is 1. The molecule has 0 radical (unpaired) electrons. The number of amides is 2. The van der Waals surface area contributed by atoms with Crippen LogP contribution in [0.4, 0.5) is 14.9 Å². The molecule has 0 spiro atoms. The number of aromatic nitrogens is 3. The summed E-state index contributed by atoms with van der Waals surface area (Å²) < 4.78 is 15.5. The molecule has 2 heterocycles. The Hall–Kier alpha value is -2.48. The van der Waals surface area contributed by atoms with Crippen molar-refractivity contribution in [3.05, 3.63) is 36.7 Å². The van der Waals surface area contributed by atoms with Crippen LogP contribution in [0.2, 0.25) is 0 Å². The second-order valence-corrected chi connectivity index (χ2v) is 5.14. The van der Waals surface area contributed by atoms with Crippen LogP contribution < -0.4 is 5.32 Å². The molecule has 1 atom stereocenters. The minimum absolute atomic E-state index is 0.0831. The zero-order chi connectivity index (χ0) is 15.5. The van der Waals surface area contributed by atoms with Gasteiger partial charge in [-0.25, -0.2) is 9.18 Å². The lowest BCUT2D eigenvalue weighted by molar-refractivity contribution is 0.166. The van der Waals surface area contributed by atoms with E-state index in [0.717, 1.165) is 12.8 Å². The van der Waals surface area contributed by atoms with Crippen molar-refractivity contribution in [1.29, 1.82) is 0 Å². The maximum absolute atomic E-state index is 13.9. The number of hydrogen-bond acceptors (Lipinski definition) is 4. The van der Waals surface area contributed by atoms with E-state index in [9.17, 15) is 14.3 Å². The van der Waals surface area contributed by atoms with Crippen molar-refractivity contribution in [2.45, 2.75) is 18.9 Å². The zero-order valence-corrected chi connectivity index (χ0v) is 11.8. The average molecular weight is 305 g/mol. The van der Waals surface area contributed by atoms with Crippen LogP contribution >= 0.6 is 0 Å². The Balaban J connectivity index is 1.80. The summed E-state index contributed by atoms with van der Waals surface area (Å²) in [6.45, 7) is 0.473. The topological polar surface area (TPSA) is 83.3 Å². The second-order valence-electron chi connectivity index (χ2n) is 5.14. The van der Waals surface area contributed by atoms with Crippen LogP contribution in [-0.4, -0.2) is 50.0 Å². The lowest BCUT2D eigenvalue weighted by Gasteiger charge is -2.23. The highest BCUT2D eigenvalue weighted by molar-refractivity contribution is 5.90. The Morgan fingerprint density at radius 2 is 2.18 bits per heavy atom. The number of anilines is 1. The Kier molecular flexibility index (Phi) is 4.01. The normalized spacial score (nSPS) is 17.7. The van der Waals surface area contributed by atoms with E-state index >= 15 is 0 Å². The molecule has 1 aliphatic heterocycles. The van der Waals surface area contributed by atoms with Gasteiger partial charge in [0.2, 0.25) is 0 Å². The molecular weight excluding hydrogens is 289 g/mol. The van der Waals surface area contributed by atoms with E-state index in [-0.39, 0.29) is 18.3 Å². The Morgan fingerprint density at radius 1 is 1.41 bits per heavy atom. The fourth-order valence-electron chi connectivity index (χ4n) is 2.58. The van der Waals surface area contributed by atoms with Gasteiger partial charge in [0, 0.05) is 6.54 Å². The molecule has 22 heavy (non-hydrogen) atoms. The number of aliphatic hydroxyl groups excluding tert-OH is 1. The minimum atomic E-state index is -0.523. The van der Waals surface area contributed by atoms with Gasteiger partial charge in [0.1, 0.15) is 18.5 Å². The van der Waals surface area contributed by atoms with Gasteiger partial charge in [-0.1, -0.05) is 0 Å². The highest BCUT2D eigenvalue weighted by Crippen LogP contribution is 2.22. The number of aliphatic hydroxyl groups is 1. The Morgan fingerprint density at radius 3 is 2.91 bits per heavy atom. The number of nitrogens with zero attached hydrogens (tertiary/aromatic N) is 4. The number of carbonyl (C=O) groups is 1. The van der Waals surface area contributed by atoms with E-state index in [0.29, 0.717) is 12.2 Å². The number of hydrogen-bond donors (Lipinski definition) is 2. The standard InChI is InChI=1S/C14H16FN5O2/c15-12-4-3-10(19-8-16-17-9-19)6-13(12)18-14(22)20-5-1-2-11(20)7-21/h3-4,6,8-9,11,21H,1-2,5,7H2,(H,18,22)/t11-/m1/s1. The molecule has 116 valence electrons. The minimum Gasteiger partial charge on any atom is -0.394 e. The molecule has 0 bridgehead atoms. The molecule has 7 nitrogen and oxygen atoms in total. The van der Waals surface area contributed by atoms with Crippen LogP contribution in [0.15, 0.2) is 30.9 Å². The van der Waals surface area contributed by atoms with Crippen molar-refractivity contribution in [3.8, 4) is 5.69 Å². The highest BCUT2D eigenvalue weighted by Gasteiger charge is 2.28. The predicted molar refractivity (Wildman–Crippen MR) is 77.1 cm³/mol. The molecule has 2 aromatic rings. The molecule has 0 saturated carbocycles. The summed E-state index contributed by atoms with van der Waals surface area (Å²) in [6, 6.07) is 3.75. The van der Waals surface area contributed by atoms with E-state index in [1.165, 1.54) is 29.7 Å². The lowest BCUT2D eigenvalue weighted by Crippen LogP contribution is -2.40. The first-order chi connectivity index (χ1) is 10.7. The summed E-state index contributed by atoms with van der Waals surface area (Å²) >= 11 is 0.